The third kappa shape index (κ3) is 4.84. The van der Waals surface area contributed by atoms with Crippen molar-refractivity contribution < 1.29 is 17.9 Å². The van der Waals surface area contributed by atoms with E-state index in [4.69, 9.17) is 4.74 Å². The molecule has 0 bridgehead atoms. The Morgan fingerprint density at radius 3 is 2.53 bits per heavy atom. The van der Waals surface area contributed by atoms with Gasteiger partial charge in [0.2, 0.25) is 0 Å². The van der Waals surface area contributed by atoms with Gasteiger partial charge in [0.05, 0.1) is 5.56 Å². The Bertz CT molecular complexity index is 379. The second-order valence-corrected chi connectivity index (χ2v) is 4.27. The lowest BCUT2D eigenvalue weighted by molar-refractivity contribution is -0.138. The van der Waals surface area contributed by atoms with E-state index >= 15 is 0 Å². The summed E-state index contributed by atoms with van der Waals surface area (Å²) < 4.78 is 44.0. The Morgan fingerprint density at radius 1 is 1.26 bits per heavy atom. The zero-order valence-electron chi connectivity index (χ0n) is 11.3. The number of halogens is 3. The van der Waals surface area contributed by atoms with Crippen LogP contribution in [0.1, 0.15) is 36.9 Å². The van der Waals surface area contributed by atoms with Crippen LogP contribution in [0, 0.1) is 0 Å². The van der Waals surface area contributed by atoms with Crippen molar-refractivity contribution in [2.24, 2.45) is 0 Å². The number of rotatable bonds is 7. The molecule has 5 heteroatoms. The highest BCUT2D eigenvalue weighted by Gasteiger charge is 2.34. The van der Waals surface area contributed by atoms with Gasteiger partial charge in [-0.15, -0.1) is 0 Å². The van der Waals surface area contributed by atoms with E-state index in [-0.39, 0.29) is 6.04 Å². The molecule has 0 fully saturated rings. The Hall–Kier alpha value is -1.07. The fourth-order valence-corrected chi connectivity index (χ4v) is 2.05. The minimum atomic E-state index is -4.31. The van der Waals surface area contributed by atoms with Crippen LogP contribution >= 0.6 is 0 Å². The van der Waals surface area contributed by atoms with E-state index in [0.29, 0.717) is 25.2 Å². The Labute approximate surface area is 112 Å². The van der Waals surface area contributed by atoms with Crippen LogP contribution in [0.3, 0.4) is 0 Å². The second-order valence-electron chi connectivity index (χ2n) is 4.27. The van der Waals surface area contributed by atoms with Crippen molar-refractivity contribution in [3.05, 3.63) is 35.4 Å². The fraction of sp³-hybridized carbons (Fsp3) is 0.571. The number of hydrogen-bond acceptors (Lipinski definition) is 2. The minimum absolute atomic E-state index is 0.300. The highest BCUT2D eigenvalue weighted by molar-refractivity contribution is 5.32. The van der Waals surface area contributed by atoms with Gasteiger partial charge in [0.15, 0.2) is 0 Å². The third-order valence-electron chi connectivity index (χ3n) is 2.98. The minimum Gasteiger partial charge on any atom is -0.382 e. The summed E-state index contributed by atoms with van der Waals surface area (Å²) in [7, 11) is 1.68. The fourth-order valence-electron chi connectivity index (χ4n) is 2.05. The average Bonchev–Trinajstić information content (AvgIpc) is 2.38. The van der Waals surface area contributed by atoms with Crippen molar-refractivity contribution in [2.45, 2.75) is 32.0 Å². The summed E-state index contributed by atoms with van der Waals surface area (Å²) in [4.78, 5) is 0. The number of nitrogens with one attached hydrogen (secondary N) is 1. The summed E-state index contributed by atoms with van der Waals surface area (Å²) in [5.74, 6) is 0. The van der Waals surface area contributed by atoms with Crippen LogP contribution in [0.2, 0.25) is 0 Å². The molecular formula is C14H20F3NO. The van der Waals surface area contributed by atoms with Crippen molar-refractivity contribution in [2.75, 3.05) is 20.3 Å². The van der Waals surface area contributed by atoms with Crippen LogP contribution in [-0.4, -0.2) is 20.3 Å². The lowest BCUT2D eigenvalue weighted by Gasteiger charge is -2.21. The quantitative estimate of drug-likeness (QED) is 0.765. The summed E-state index contributed by atoms with van der Waals surface area (Å²) in [6.07, 6.45) is -2.97. The van der Waals surface area contributed by atoms with Crippen LogP contribution in [0.4, 0.5) is 13.2 Å². The molecule has 1 aromatic carbocycles. The Morgan fingerprint density at radius 2 is 1.95 bits per heavy atom. The number of benzene rings is 1. The molecule has 0 radical (unpaired) electrons. The van der Waals surface area contributed by atoms with E-state index in [9.17, 15) is 13.2 Å². The predicted octanol–water partition coefficient (Wildman–Crippen LogP) is 3.78. The molecule has 0 saturated heterocycles. The third-order valence-corrected chi connectivity index (χ3v) is 2.98. The Kier molecular flexibility index (Phi) is 6.31. The highest BCUT2D eigenvalue weighted by atomic mass is 19.4. The van der Waals surface area contributed by atoms with Gasteiger partial charge in [0.25, 0.3) is 0 Å². The van der Waals surface area contributed by atoms with Gasteiger partial charge in [0.1, 0.15) is 0 Å². The van der Waals surface area contributed by atoms with Crippen LogP contribution in [0.5, 0.6) is 0 Å². The summed E-state index contributed by atoms with van der Waals surface area (Å²) in [6, 6.07) is 5.40. The first-order valence-electron chi connectivity index (χ1n) is 6.41. The molecule has 0 aliphatic carbocycles. The second kappa shape index (κ2) is 7.50. The number of ether oxygens (including phenoxy) is 1. The summed E-state index contributed by atoms with van der Waals surface area (Å²) in [5, 5.41) is 2.95. The SMILES string of the molecule is CCOCCCC(NC)c1ccccc1C(F)(F)F. The van der Waals surface area contributed by atoms with E-state index in [2.05, 4.69) is 5.32 Å². The first-order chi connectivity index (χ1) is 9.00. The number of alkyl halides is 3. The summed E-state index contributed by atoms with van der Waals surface area (Å²) in [5.41, 5.74) is -0.264. The normalized spacial score (nSPS) is 13.5. The molecule has 0 aliphatic heterocycles. The molecule has 1 rings (SSSR count). The molecule has 0 saturated carbocycles. The van der Waals surface area contributed by atoms with Gasteiger partial charge in [-0.2, -0.15) is 13.2 Å². The van der Waals surface area contributed by atoms with Gasteiger partial charge in [-0.25, -0.2) is 0 Å². The highest BCUT2D eigenvalue weighted by Crippen LogP contribution is 2.35. The molecule has 19 heavy (non-hydrogen) atoms. The van der Waals surface area contributed by atoms with E-state index < -0.39 is 11.7 Å². The van der Waals surface area contributed by atoms with Crippen LogP contribution < -0.4 is 5.32 Å². The maximum atomic E-state index is 12.9. The molecule has 0 amide bonds. The van der Waals surface area contributed by atoms with E-state index in [1.807, 2.05) is 6.92 Å². The zero-order valence-corrected chi connectivity index (χ0v) is 11.3. The van der Waals surface area contributed by atoms with Crippen LogP contribution in [-0.2, 0) is 10.9 Å². The predicted molar refractivity (Wildman–Crippen MR) is 69.0 cm³/mol. The zero-order chi connectivity index (χ0) is 14.3. The van der Waals surface area contributed by atoms with Gasteiger partial charge >= 0.3 is 6.18 Å². The van der Waals surface area contributed by atoms with Gasteiger partial charge in [-0.05, 0) is 38.4 Å². The molecule has 1 N–H and O–H groups in total. The van der Waals surface area contributed by atoms with Gasteiger partial charge in [0, 0.05) is 19.3 Å². The van der Waals surface area contributed by atoms with Gasteiger partial charge in [-0.3, -0.25) is 0 Å². The van der Waals surface area contributed by atoms with E-state index in [1.54, 1.807) is 13.1 Å². The van der Waals surface area contributed by atoms with Crippen molar-refractivity contribution in [1.29, 1.82) is 0 Å². The molecule has 0 heterocycles. The van der Waals surface area contributed by atoms with Crippen molar-refractivity contribution >= 4 is 0 Å². The van der Waals surface area contributed by atoms with Gasteiger partial charge < -0.3 is 10.1 Å². The number of hydrogen-bond donors (Lipinski definition) is 1. The standard InChI is InChI=1S/C14H20F3NO/c1-3-19-10-6-9-13(18-2)11-7-4-5-8-12(11)14(15,16)17/h4-5,7-8,13,18H,3,6,9-10H2,1-2H3. The summed E-state index contributed by atoms with van der Waals surface area (Å²) in [6.45, 7) is 3.10. The van der Waals surface area contributed by atoms with E-state index in [0.717, 1.165) is 12.5 Å². The van der Waals surface area contributed by atoms with E-state index in [1.165, 1.54) is 12.1 Å². The molecule has 2 nitrogen and oxygen atoms in total. The van der Waals surface area contributed by atoms with Gasteiger partial charge in [-0.1, -0.05) is 18.2 Å². The monoisotopic (exact) mass is 275 g/mol. The molecule has 1 unspecified atom stereocenters. The molecule has 0 spiro atoms. The molecule has 0 aromatic heterocycles. The van der Waals surface area contributed by atoms with Crippen LogP contribution in [0.15, 0.2) is 24.3 Å². The van der Waals surface area contributed by atoms with Crippen LogP contribution in [0.25, 0.3) is 0 Å². The lowest BCUT2D eigenvalue weighted by Crippen LogP contribution is -2.21. The first-order valence-corrected chi connectivity index (χ1v) is 6.41. The smallest absolute Gasteiger partial charge is 0.382 e. The first kappa shape index (κ1) is 16.0. The molecule has 1 aromatic rings. The van der Waals surface area contributed by atoms with Crippen molar-refractivity contribution in [3.8, 4) is 0 Å². The molecule has 108 valence electrons. The molecular weight excluding hydrogens is 255 g/mol. The largest absolute Gasteiger partial charge is 0.416 e. The topological polar surface area (TPSA) is 21.3 Å². The maximum Gasteiger partial charge on any atom is 0.416 e. The average molecular weight is 275 g/mol. The van der Waals surface area contributed by atoms with Crippen molar-refractivity contribution in [1.82, 2.24) is 5.32 Å². The Balaban J connectivity index is 2.80. The molecule has 1 atom stereocenters. The van der Waals surface area contributed by atoms with Crippen molar-refractivity contribution in [3.63, 3.8) is 0 Å². The maximum absolute atomic E-state index is 12.9. The summed E-state index contributed by atoms with van der Waals surface area (Å²) >= 11 is 0. The molecule has 0 aliphatic rings. The lowest BCUT2D eigenvalue weighted by atomic mass is 9.96.